The summed E-state index contributed by atoms with van der Waals surface area (Å²) >= 11 is 1.78. The number of likely N-dealkylation sites (tertiary alicyclic amines) is 1. The Bertz CT molecular complexity index is 782. The zero-order valence-corrected chi connectivity index (χ0v) is 15.0. The fourth-order valence-corrected chi connectivity index (χ4v) is 4.83. The Hall–Kier alpha value is -1.80. The van der Waals surface area contributed by atoms with Gasteiger partial charge in [0.05, 0.1) is 24.5 Å². The molecule has 1 unspecified atom stereocenters. The van der Waals surface area contributed by atoms with Crippen molar-refractivity contribution in [1.29, 1.82) is 0 Å². The van der Waals surface area contributed by atoms with Gasteiger partial charge in [-0.2, -0.15) is 5.10 Å². The summed E-state index contributed by atoms with van der Waals surface area (Å²) in [6.07, 6.45) is 9.12. The summed E-state index contributed by atoms with van der Waals surface area (Å²) in [5.74, 6) is 0.906. The van der Waals surface area contributed by atoms with E-state index in [1.165, 1.54) is 17.8 Å². The maximum Gasteiger partial charge on any atom is 0.227 e. The summed E-state index contributed by atoms with van der Waals surface area (Å²) in [6.45, 7) is 3.75. The molecule has 3 fully saturated rings. The van der Waals surface area contributed by atoms with Crippen LogP contribution >= 0.6 is 11.3 Å². The average molecular weight is 358 g/mol. The topological polar surface area (TPSA) is 67.2 Å². The fourth-order valence-electron chi connectivity index (χ4n) is 3.78. The van der Waals surface area contributed by atoms with E-state index < -0.39 is 0 Å². The van der Waals surface area contributed by atoms with Crippen LogP contribution in [0.15, 0.2) is 12.4 Å². The van der Waals surface area contributed by atoms with Crippen LogP contribution in [0.4, 0.5) is 5.69 Å². The molecular formula is C17H22N6OS. The highest BCUT2D eigenvalue weighted by Crippen LogP contribution is 2.41. The standard InChI is InChI=1S/C17H22N6OS/c24-16-2-1-6-22(16)14-8-18-23(10-14)13-5-7-21(9-13)11-15-19-20-17(25-15)12-3-4-12/h8,10,12-13H,1-7,9,11H2. The number of amides is 1. The van der Waals surface area contributed by atoms with Gasteiger partial charge in [-0.05, 0) is 25.7 Å². The second-order valence-corrected chi connectivity index (χ2v) is 8.41. The molecule has 3 aliphatic rings. The minimum atomic E-state index is 0.218. The Morgan fingerprint density at radius 1 is 1.20 bits per heavy atom. The molecule has 5 rings (SSSR count). The molecule has 25 heavy (non-hydrogen) atoms. The minimum Gasteiger partial charge on any atom is -0.309 e. The third-order valence-corrected chi connectivity index (χ3v) is 6.43. The van der Waals surface area contributed by atoms with E-state index >= 15 is 0 Å². The zero-order valence-electron chi connectivity index (χ0n) is 14.2. The van der Waals surface area contributed by atoms with Crippen molar-refractivity contribution in [2.24, 2.45) is 0 Å². The van der Waals surface area contributed by atoms with Gasteiger partial charge in [-0.25, -0.2) is 0 Å². The van der Waals surface area contributed by atoms with Gasteiger partial charge < -0.3 is 4.90 Å². The zero-order chi connectivity index (χ0) is 16.8. The SMILES string of the molecule is O=C1CCCN1c1cnn(C2CCN(Cc3nnc(C4CC4)s3)C2)c1. The molecule has 1 saturated carbocycles. The fraction of sp³-hybridized carbons (Fsp3) is 0.647. The molecule has 0 radical (unpaired) electrons. The normalized spacial score (nSPS) is 24.6. The Morgan fingerprint density at radius 3 is 2.92 bits per heavy atom. The Balaban J connectivity index is 1.21. The molecule has 1 atom stereocenters. The number of carbonyl (C=O) groups excluding carboxylic acids is 1. The lowest BCUT2D eigenvalue weighted by Gasteiger charge is -2.15. The third kappa shape index (κ3) is 3.08. The van der Waals surface area contributed by atoms with Gasteiger partial charge in [0.1, 0.15) is 10.0 Å². The average Bonchev–Trinajstić information content (AvgIpc) is 3.07. The molecule has 0 aromatic carbocycles. The van der Waals surface area contributed by atoms with Crippen molar-refractivity contribution >= 4 is 22.9 Å². The van der Waals surface area contributed by atoms with Gasteiger partial charge in [0, 0.05) is 38.2 Å². The van der Waals surface area contributed by atoms with Gasteiger partial charge in [0.25, 0.3) is 0 Å². The largest absolute Gasteiger partial charge is 0.309 e. The summed E-state index contributed by atoms with van der Waals surface area (Å²) in [5.41, 5.74) is 0.944. The van der Waals surface area contributed by atoms with Crippen molar-refractivity contribution in [3.8, 4) is 0 Å². The maximum absolute atomic E-state index is 11.9. The van der Waals surface area contributed by atoms with Crippen LogP contribution in [0.3, 0.4) is 0 Å². The highest BCUT2D eigenvalue weighted by Gasteiger charge is 2.30. The van der Waals surface area contributed by atoms with Gasteiger partial charge >= 0.3 is 0 Å². The first-order valence-corrected chi connectivity index (χ1v) is 9.97. The highest BCUT2D eigenvalue weighted by molar-refractivity contribution is 7.11. The van der Waals surface area contributed by atoms with E-state index in [2.05, 4.69) is 20.2 Å². The molecule has 132 valence electrons. The van der Waals surface area contributed by atoms with Gasteiger partial charge in [-0.1, -0.05) is 11.3 Å². The predicted octanol–water partition coefficient (Wildman–Crippen LogP) is 2.19. The maximum atomic E-state index is 11.9. The van der Waals surface area contributed by atoms with E-state index in [4.69, 9.17) is 0 Å². The minimum absolute atomic E-state index is 0.218. The van der Waals surface area contributed by atoms with Crippen molar-refractivity contribution < 1.29 is 4.79 Å². The first-order chi connectivity index (χ1) is 12.3. The van der Waals surface area contributed by atoms with E-state index in [0.717, 1.165) is 49.7 Å². The number of nitrogens with zero attached hydrogens (tertiary/aromatic N) is 6. The summed E-state index contributed by atoms with van der Waals surface area (Å²) in [7, 11) is 0. The van der Waals surface area contributed by atoms with E-state index in [1.807, 2.05) is 22.0 Å². The van der Waals surface area contributed by atoms with Crippen LogP contribution in [-0.2, 0) is 11.3 Å². The number of anilines is 1. The third-order valence-electron chi connectivity index (χ3n) is 5.36. The first-order valence-electron chi connectivity index (χ1n) is 9.15. The quantitative estimate of drug-likeness (QED) is 0.820. The number of aromatic nitrogens is 4. The van der Waals surface area contributed by atoms with Crippen molar-refractivity contribution in [2.45, 2.75) is 50.6 Å². The summed E-state index contributed by atoms with van der Waals surface area (Å²) in [5, 5.41) is 15.6. The molecule has 1 aliphatic carbocycles. The van der Waals surface area contributed by atoms with E-state index in [9.17, 15) is 4.79 Å². The van der Waals surface area contributed by atoms with Crippen molar-refractivity contribution in [3.05, 3.63) is 22.4 Å². The first kappa shape index (κ1) is 15.5. The molecule has 0 spiro atoms. The van der Waals surface area contributed by atoms with E-state index in [-0.39, 0.29) is 5.91 Å². The predicted molar refractivity (Wildman–Crippen MR) is 94.6 cm³/mol. The van der Waals surface area contributed by atoms with Gasteiger partial charge in [0.15, 0.2) is 0 Å². The lowest BCUT2D eigenvalue weighted by atomic mass is 10.3. The second-order valence-electron chi connectivity index (χ2n) is 7.31. The van der Waals surface area contributed by atoms with Gasteiger partial charge in [0.2, 0.25) is 5.91 Å². The second kappa shape index (κ2) is 6.17. The van der Waals surface area contributed by atoms with E-state index in [0.29, 0.717) is 18.4 Å². The van der Waals surface area contributed by atoms with Crippen LogP contribution in [0.5, 0.6) is 0 Å². The number of hydrogen-bond donors (Lipinski definition) is 0. The van der Waals surface area contributed by atoms with Gasteiger partial charge in [-0.3, -0.25) is 14.4 Å². The Labute approximate surface area is 150 Å². The van der Waals surface area contributed by atoms with Crippen LogP contribution in [0.2, 0.25) is 0 Å². The molecular weight excluding hydrogens is 336 g/mol. The smallest absolute Gasteiger partial charge is 0.227 e. The molecule has 8 heteroatoms. The van der Waals surface area contributed by atoms with Crippen LogP contribution < -0.4 is 4.90 Å². The van der Waals surface area contributed by atoms with Crippen LogP contribution in [0.25, 0.3) is 0 Å². The summed E-state index contributed by atoms with van der Waals surface area (Å²) in [4.78, 5) is 16.2. The number of carbonyl (C=O) groups is 1. The molecule has 0 bridgehead atoms. The van der Waals surface area contributed by atoms with Crippen molar-refractivity contribution in [2.75, 3.05) is 24.5 Å². The molecule has 2 aromatic rings. The Kier molecular flexibility index (Phi) is 3.82. The molecule has 2 aromatic heterocycles. The van der Waals surface area contributed by atoms with Crippen LogP contribution in [0, 0.1) is 0 Å². The van der Waals surface area contributed by atoms with Gasteiger partial charge in [-0.15, -0.1) is 10.2 Å². The molecule has 7 nitrogen and oxygen atoms in total. The van der Waals surface area contributed by atoms with Crippen LogP contribution in [-0.4, -0.2) is 50.4 Å². The number of hydrogen-bond acceptors (Lipinski definition) is 6. The summed E-state index contributed by atoms with van der Waals surface area (Å²) < 4.78 is 2.04. The lowest BCUT2D eigenvalue weighted by molar-refractivity contribution is -0.117. The van der Waals surface area contributed by atoms with E-state index in [1.54, 1.807) is 11.3 Å². The molecule has 2 aliphatic heterocycles. The molecule has 1 amide bonds. The Morgan fingerprint density at radius 2 is 2.12 bits per heavy atom. The van der Waals surface area contributed by atoms with Crippen molar-refractivity contribution in [1.82, 2.24) is 24.9 Å². The lowest BCUT2D eigenvalue weighted by Crippen LogP contribution is -2.23. The summed E-state index contributed by atoms with van der Waals surface area (Å²) in [6, 6.07) is 0.377. The number of rotatable bonds is 5. The molecule has 4 heterocycles. The molecule has 2 saturated heterocycles. The monoisotopic (exact) mass is 358 g/mol. The highest BCUT2D eigenvalue weighted by atomic mass is 32.1. The van der Waals surface area contributed by atoms with Crippen LogP contribution in [0.1, 0.15) is 54.1 Å². The van der Waals surface area contributed by atoms with Crippen molar-refractivity contribution in [3.63, 3.8) is 0 Å². The molecule has 0 N–H and O–H groups in total.